The monoisotopic (exact) mass is 248 g/mol. The molecule has 0 amide bonds. The van der Waals surface area contributed by atoms with E-state index in [-0.39, 0.29) is 5.92 Å². The lowest BCUT2D eigenvalue weighted by molar-refractivity contribution is -0.0209. The topological polar surface area (TPSA) is 53.6 Å². The van der Waals surface area contributed by atoms with E-state index in [0.717, 1.165) is 0 Å². The van der Waals surface area contributed by atoms with Crippen LogP contribution in [0.5, 0.6) is 0 Å². The summed E-state index contributed by atoms with van der Waals surface area (Å²) in [6.07, 6.45) is -0.304. The first-order chi connectivity index (χ1) is 6.04. The third-order valence-corrected chi connectivity index (χ3v) is 2.58. The Balaban J connectivity index is 2.79. The number of furan rings is 1. The van der Waals surface area contributed by atoms with Crippen molar-refractivity contribution in [2.24, 2.45) is 5.92 Å². The van der Waals surface area contributed by atoms with Crippen LogP contribution in [0.15, 0.2) is 21.2 Å². The maximum atomic E-state index is 9.66. The van der Waals surface area contributed by atoms with Crippen LogP contribution >= 0.6 is 15.9 Å². The Hall–Kier alpha value is -0.320. The molecule has 4 heteroatoms. The molecular weight excluding hydrogens is 236 g/mol. The average Bonchev–Trinajstić information content (AvgIpc) is 2.48. The molecule has 1 aromatic heterocycles. The maximum absolute atomic E-state index is 9.66. The fourth-order valence-corrected chi connectivity index (χ4v) is 1.47. The smallest absolute Gasteiger partial charge is 0.149 e. The fourth-order valence-electron chi connectivity index (χ4n) is 1.04. The van der Waals surface area contributed by atoms with Gasteiger partial charge in [0.2, 0.25) is 0 Å². The molecule has 1 rings (SSSR count). The number of hydrogen-bond donors (Lipinski definition) is 2. The van der Waals surface area contributed by atoms with Crippen LogP contribution in [-0.2, 0) is 0 Å². The second kappa shape index (κ2) is 4.26. The molecule has 0 saturated carbocycles. The highest BCUT2D eigenvalue weighted by Crippen LogP contribution is 2.28. The summed E-state index contributed by atoms with van der Waals surface area (Å²) in [5, 5.41) is 19.2. The van der Waals surface area contributed by atoms with E-state index in [1.54, 1.807) is 6.07 Å². The number of rotatable bonds is 3. The van der Waals surface area contributed by atoms with Crippen molar-refractivity contribution >= 4 is 15.9 Å². The van der Waals surface area contributed by atoms with E-state index in [0.29, 0.717) is 10.2 Å². The zero-order valence-electron chi connectivity index (χ0n) is 7.57. The van der Waals surface area contributed by atoms with E-state index in [1.807, 2.05) is 13.8 Å². The first-order valence-corrected chi connectivity index (χ1v) is 4.92. The molecule has 2 atom stereocenters. The second-order valence-corrected chi connectivity index (χ2v) is 4.17. The number of aliphatic hydroxyl groups is 2. The lowest BCUT2D eigenvalue weighted by Gasteiger charge is -2.19. The Labute approximate surface area is 85.5 Å². The first kappa shape index (κ1) is 10.8. The molecule has 0 radical (unpaired) electrons. The number of aliphatic hydroxyl groups excluding tert-OH is 2. The van der Waals surface area contributed by atoms with Gasteiger partial charge >= 0.3 is 0 Å². The summed E-state index contributed by atoms with van der Waals surface area (Å²) in [7, 11) is 0. The van der Waals surface area contributed by atoms with Gasteiger partial charge in [-0.05, 0) is 27.9 Å². The van der Waals surface area contributed by atoms with Crippen molar-refractivity contribution in [3.05, 3.63) is 22.6 Å². The van der Waals surface area contributed by atoms with Crippen molar-refractivity contribution in [1.82, 2.24) is 0 Å². The van der Waals surface area contributed by atoms with E-state index in [2.05, 4.69) is 15.9 Å². The minimum atomic E-state index is -0.968. The SMILES string of the molecule is CC(C)C(O)C(O)c1occc1Br. The molecule has 74 valence electrons. The van der Waals surface area contributed by atoms with Gasteiger partial charge in [-0.1, -0.05) is 13.8 Å². The molecule has 0 bridgehead atoms. The zero-order chi connectivity index (χ0) is 10.0. The van der Waals surface area contributed by atoms with E-state index in [9.17, 15) is 10.2 Å². The van der Waals surface area contributed by atoms with Crippen molar-refractivity contribution < 1.29 is 14.6 Å². The van der Waals surface area contributed by atoms with E-state index in [1.165, 1.54) is 6.26 Å². The molecule has 0 spiro atoms. The van der Waals surface area contributed by atoms with Gasteiger partial charge in [-0.25, -0.2) is 0 Å². The van der Waals surface area contributed by atoms with Gasteiger partial charge in [0.25, 0.3) is 0 Å². The molecule has 3 nitrogen and oxygen atoms in total. The molecule has 2 N–H and O–H groups in total. The summed E-state index contributed by atoms with van der Waals surface area (Å²) in [6.45, 7) is 3.68. The van der Waals surface area contributed by atoms with Crippen molar-refractivity contribution in [2.45, 2.75) is 26.1 Å². The summed E-state index contributed by atoms with van der Waals surface area (Å²) in [4.78, 5) is 0. The highest BCUT2D eigenvalue weighted by Gasteiger charge is 2.25. The van der Waals surface area contributed by atoms with Crippen molar-refractivity contribution in [3.63, 3.8) is 0 Å². The van der Waals surface area contributed by atoms with Crippen molar-refractivity contribution in [3.8, 4) is 0 Å². The van der Waals surface area contributed by atoms with Crippen LogP contribution in [0, 0.1) is 5.92 Å². The van der Waals surface area contributed by atoms with Crippen LogP contribution < -0.4 is 0 Å². The fraction of sp³-hybridized carbons (Fsp3) is 0.556. The predicted octanol–water partition coefficient (Wildman–Crippen LogP) is 2.09. The molecule has 0 saturated heterocycles. The number of halogens is 1. The van der Waals surface area contributed by atoms with E-state index in [4.69, 9.17) is 4.42 Å². The van der Waals surface area contributed by atoms with Crippen LogP contribution in [-0.4, -0.2) is 16.3 Å². The largest absolute Gasteiger partial charge is 0.465 e. The van der Waals surface area contributed by atoms with Crippen LogP contribution in [0.2, 0.25) is 0 Å². The lowest BCUT2D eigenvalue weighted by Crippen LogP contribution is -2.23. The summed E-state index contributed by atoms with van der Waals surface area (Å²) in [5.74, 6) is 0.369. The zero-order valence-corrected chi connectivity index (χ0v) is 9.15. The van der Waals surface area contributed by atoms with Crippen molar-refractivity contribution in [2.75, 3.05) is 0 Å². The standard InChI is InChI=1S/C9H13BrO3/c1-5(2)7(11)8(12)9-6(10)3-4-13-9/h3-5,7-8,11-12H,1-2H3. The maximum Gasteiger partial charge on any atom is 0.149 e. The molecule has 13 heavy (non-hydrogen) atoms. The predicted molar refractivity (Wildman–Crippen MR) is 52.2 cm³/mol. The lowest BCUT2D eigenvalue weighted by atomic mass is 10.0. The van der Waals surface area contributed by atoms with Crippen LogP contribution in [0.1, 0.15) is 25.7 Å². The van der Waals surface area contributed by atoms with E-state index >= 15 is 0 Å². The number of hydrogen-bond acceptors (Lipinski definition) is 3. The molecular formula is C9H13BrO3. The molecule has 0 aromatic carbocycles. The summed E-state index contributed by atoms with van der Waals surface area (Å²) >= 11 is 3.22. The van der Waals surface area contributed by atoms with Gasteiger partial charge in [0.15, 0.2) is 0 Å². The molecule has 0 aliphatic rings. The summed E-state index contributed by atoms with van der Waals surface area (Å²) in [6, 6.07) is 1.69. The average molecular weight is 249 g/mol. The third-order valence-electron chi connectivity index (χ3n) is 1.92. The van der Waals surface area contributed by atoms with Gasteiger partial charge in [-0.2, -0.15) is 0 Å². The normalized spacial score (nSPS) is 16.2. The van der Waals surface area contributed by atoms with Gasteiger partial charge < -0.3 is 14.6 Å². The van der Waals surface area contributed by atoms with Gasteiger partial charge in [0.1, 0.15) is 11.9 Å². The molecule has 0 aliphatic heterocycles. The van der Waals surface area contributed by atoms with E-state index < -0.39 is 12.2 Å². The molecule has 1 heterocycles. The van der Waals surface area contributed by atoms with Gasteiger partial charge in [-0.3, -0.25) is 0 Å². The summed E-state index contributed by atoms with van der Waals surface area (Å²) < 4.78 is 5.72. The Bertz CT molecular complexity index is 270. The minimum absolute atomic E-state index is 0.00741. The van der Waals surface area contributed by atoms with Gasteiger partial charge in [0, 0.05) is 0 Å². The third kappa shape index (κ3) is 2.33. The second-order valence-electron chi connectivity index (χ2n) is 3.31. The van der Waals surface area contributed by atoms with Gasteiger partial charge in [-0.15, -0.1) is 0 Å². The quantitative estimate of drug-likeness (QED) is 0.862. The highest BCUT2D eigenvalue weighted by atomic mass is 79.9. The van der Waals surface area contributed by atoms with Gasteiger partial charge in [0.05, 0.1) is 16.8 Å². The highest BCUT2D eigenvalue weighted by molar-refractivity contribution is 9.10. The van der Waals surface area contributed by atoms with Crippen LogP contribution in [0.25, 0.3) is 0 Å². The molecule has 1 aromatic rings. The minimum Gasteiger partial charge on any atom is -0.465 e. The Morgan fingerprint density at radius 2 is 2.00 bits per heavy atom. The van der Waals surface area contributed by atoms with Crippen LogP contribution in [0.3, 0.4) is 0 Å². The van der Waals surface area contributed by atoms with Crippen molar-refractivity contribution in [1.29, 1.82) is 0 Å². The first-order valence-electron chi connectivity index (χ1n) is 4.13. The van der Waals surface area contributed by atoms with Crippen LogP contribution in [0.4, 0.5) is 0 Å². The Morgan fingerprint density at radius 1 is 1.38 bits per heavy atom. The molecule has 0 aliphatic carbocycles. The Kier molecular flexibility index (Phi) is 3.53. The summed E-state index contributed by atoms with van der Waals surface area (Å²) in [5.41, 5.74) is 0. The molecule has 2 unspecified atom stereocenters. The Morgan fingerprint density at radius 3 is 2.38 bits per heavy atom. The molecule has 0 fully saturated rings.